The second-order valence-corrected chi connectivity index (χ2v) is 4.83. The standard InChI is InChI=1S/C11H19N3O4/c1-7(2)12-11(18)13-9(15)6-14-4-8(5-14)3-10(16)17/h7-8H,3-6H2,1-2H3,(H,16,17)(H2,12,13,15,18). The molecule has 0 spiro atoms. The van der Waals surface area contributed by atoms with Crippen molar-refractivity contribution >= 4 is 17.9 Å². The highest BCUT2D eigenvalue weighted by atomic mass is 16.4. The molecular formula is C11H19N3O4. The number of carbonyl (C=O) groups excluding carboxylic acids is 2. The Morgan fingerprint density at radius 3 is 2.44 bits per heavy atom. The molecule has 0 radical (unpaired) electrons. The Morgan fingerprint density at radius 1 is 1.33 bits per heavy atom. The number of carbonyl (C=O) groups is 3. The van der Waals surface area contributed by atoms with Gasteiger partial charge in [0.1, 0.15) is 0 Å². The molecule has 3 N–H and O–H groups in total. The second kappa shape index (κ2) is 6.34. The number of nitrogens with one attached hydrogen (secondary N) is 2. The van der Waals surface area contributed by atoms with Crippen LogP contribution < -0.4 is 10.6 Å². The predicted octanol–water partition coefficient (Wildman–Crippen LogP) is -0.373. The first-order chi connectivity index (χ1) is 8.36. The van der Waals surface area contributed by atoms with Crippen molar-refractivity contribution in [3.8, 4) is 0 Å². The summed E-state index contributed by atoms with van der Waals surface area (Å²) in [5.74, 6) is -1.08. The Balaban J connectivity index is 2.15. The Hall–Kier alpha value is -1.63. The zero-order valence-corrected chi connectivity index (χ0v) is 10.6. The molecule has 0 aliphatic carbocycles. The minimum atomic E-state index is -0.819. The van der Waals surface area contributed by atoms with Crippen LogP contribution in [0.2, 0.25) is 0 Å². The lowest BCUT2D eigenvalue weighted by Crippen LogP contribution is -2.53. The van der Waals surface area contributed by atoms with Crippen LogP contribution in [0, 0.1) is 5.92 Å². The molecule has 7 heteroatoms. The fourth-order valence-electron chi connectivity index (χ4n) is 1.85. The van der Waals surface area contributed by atoms with Crippen LogP contribution in [-0.4, -0.2) is 53.6 Å². The minimum absolute atomic E-state index is 0.0262. The lowest BCUT2D eigenvalue weighted by atomic mass is 9.96. The molecule has 0 atom stereocenters. The number of amides is 3. The second-order valence-electron chi connectivity index (χ2n) is 4.83. The van der Waals surface area contributed by atoms with E-state index in [0.29, 0.717) is 13.1 Å². The third kappa shape index (κ3) is 5.13. The first-order valence-electron chi connectivity index (χ1n) is 5.91. The van der Waals surface area contributed by atoms with E-state index < -0.39 is 12.0 Å². The number of urea groups is 1. The fourth-order valence-corrected chi connectivity index (χ4v) is 1.85. The summed E-state index contributed by atoms with van der Waals surface area (Å²) >= 11 is 0. The summed E-state index contributed by atoms with van der Waals surface area (Å²) in [5.41, 5.74) is 0. The maximum Gasteiger partial charge on any atom is 0.321 e. The molecule has 1 rings (SSSR count). The van der Waals surface area contributed by atoms with Crippen LogP contribution in [0.15, 0.2) is 0 Å². The highest BCUT2D eigenvalue weighted by molar-refractivity contribution is 5.95. The average molecular weight is 257 g/mol. The number of carboxylic acids is 1. The van der Waals surface area contributed by atoms with Crippen molar-refractivity contribution < 1.29 is 19.5 Å². The van der Waals surface area contributed by atoms with Gasteiger partial charge in [0, 0.05) is 19.1 Å². The van der Waals surface area contributed by atoms with Crippen LogP contribution >= 0.6 is 0 Å². The van der Waals surface area contributed by atoms with Crippen LogP contribution in [-0.2, 0) is 9.59 Å². The van der Waals surface area contributed by atoms with Gasteiger partial charge in [-0.3, -0.25) is 19.8 Å². The van der Waals surface area contributed by atoms with Crippen molar-refractivity contribution in [2.45, 2.75) is 26.3 Å². The van der Waals surface area contributed by atoms with Gasteiger partial charge >= 0.3 is 12.0 Å². The SMILES string of the molecule is CC(C)NC(=O)NC(=O)CN1CC(CC(=O)O)C1. The lowest BCUT2D eigenvalue weighted by Gasteiger charge is -2.37. The molecule has 0 aromatic heterocycles. The quantitative estimate of drug-likeness (QED) is 0.624. The van der Waals surface area contributed by atoms with Crippen LogP contribution in [0.3, 0.4) is 0 Å². The van der Waals surface area contributed by atoms with E-state index in [1.165, 1.54) is 0 Å². The lowest BCUT2D eigenvalue weighted by molar-refractivity contribution is -0.139. The molecule has 0 unspecified atom stereocenters. The van der Waals surface area contributed by atoms with E-state index in [9.17, 15) is 14.4 Å². The molecule has 0 aromatic rings. The van der Waals surface area contributed by atoms with Gasteiger partial charge < -0.3 is 10.4 Å². The van der Waals surface area contributed by atoms with E-state index in [-0.39, 0.29) is 30.8 Å². The molecule has 18 heavy (non-hydrogen) atoms. The number of hydrogen-bond donors (Lipinski definition) is 3. The Morgan fingerprint density at radius 2 is 1.94 bits per heavy atom. The summed E-state index contributed by atoms with van der Waals surface area (Å²) in [6.07, 6.45) is 0.131. The third-order valence-electron chi connectivity index (χ3n) is 2.54. The number of likely N-dealkylation sites (tertiary alicyclic amines) is 1. The number of rotatable bonds is 5. The maximum absolute atomic E-state index is 11.4. The van der Waals surface area contributed by atoms with Gasteiger partial charge in [-0.2, -0.15) is 0 Å². The van der Waals surface area contributed by atoms with Crippen molar-refractivity contribution in [2.75, 3.05) is 19.6 Å². The molecular weight excluding hydrogens is 238 g/mol. The van der Waals surface area contributed by atoms with Gasteiger partial charge in [0.15, 0.2) is 0 Å². The number of hydrogen-bond acceptors (Lipinski definition) is 4. The molecule has 102 valence electrons. The van der Waals surface area contributed by atoms with Gasteiger partial charge in [-0.15, -0.1) is 0 Å². The topological polar surface area (TPSA) is 98.7 Å². The summed E-state index contributed by atoms with van der Waals surface area (Å²) in [6, 6.07) is -0.528. The molecule has 7 nitrogen and oxygen atoms in total. The molecule has 0 bridgehead atoms. The highest BCUT2D eigenvalue weighted by Crippen LogP contribution is 2.17. The van der Waals surface area contributed by atoms with Gasteiger partial charge in [0.2, 0.25) is 5.91 Å². The van der Waals surface area contributed by atoms with Gasteiger partial charge in [-0.05, 0) is 19.8 Å². The Labute approximate surface area is 106 Å². The molecule has 0 aromatic carbocycles. The van der Waals surface area contributed by atoms with Gasteiger partial charge in [0.25, 0.3) is 0 Å². The van der Waals surface area contributed by atoms with Crippen molar-refractivity contribution in [2.24, 2.45) is 5.92 Å². The zero-order valence-electron chi connectivity index (χ0n) is 10.6. The van der Waals surface area contributed by atoms with Crippen LogP contribution in [0.25, 0.3) is 0 Å². The summed E-state index contributed by atoms with van der Waals surface area (Å²) in [5, 5.41) is 13.3. The van der Waals surface area contributed by atoms with E-state index in [1.54, 1.807) is 13.8 Å². The van der Waals surface area contributed by atoms with Crippen LogP contribution in [0.1, 0.15) is 20.3 Å². The van der Waals surface area contributed by atoms with E-state index in [1.807, 2.05) is 4.90 Å². The van der Waals surface area contributed by atoms with Crippen molar-refractivity contribution in [1.29, 1.82) is 0 Å². The Kier molecular flexibility index (Phi) is 5.08. The van der Waals surface area contributed by atoms with Crippen LogP contribution in [0.4, 0.5) is 4.79 Å². The number of nitrogens with zero attached hydrogens (tertiary/aromatic N) is 1. The van der Waals surface area contributed by atoms with Gasteiger partial charge in [-0.1, -0.05) is 0 Å². The fraction of sp³-hybridized carbons (Fsp3) is 0.727. The molecule has 1 heterocycles. The largest absolute Gasteiger partial charge is 0.481 e. The van der Waals surface area contributed by atoms with E-state index in [4.69, 9.17) is 5.11 Å². The number of imide groups is 1. The number of aliphatic carboxylic acids is 1. The number of carboxylic acid groups (broad SMARTS) is 1. The first kappa shape index (κ1) is 14.4. The normalized spacial score (nSPS) is 16.2. The summed E-state index contributed by atoms with van der Waals surface area (Å²) in [7, 11) is 0. The molecule has 0 saturated carbocycles. The van der Waals surface area contributed by atoms with Crippen molar-refractivity contribution in [3.05, 3.63) is 0 Å². The van der Waals surface area contributed by atoms with Crippen LogP contribution in [0.5, 0.6) is 0 Å². The molecule has 1 fully saturated rings. The van der Waals surface area contributed by atoms with E-state index in [2.05, 4.69) is 10.6 Å². The zero-order chi connectivity index (χ0) is 13.7. The molecule has 1 aliphatic rings. The van der Waals surface area contributed by atoms with Crippen molar-refractivity contribution in [3.63, 3.8) is 0 Å². The minimum Gasteiger partial charge on any atom is -0.481 e. The van der Waals surface area contributed by atoms with Gasteiger partial charge in [0.05, 0.1) is 13.0 Å². The van der Waals surface area contributed by atoms with E-state index in [0.717, 1.165) is 0 Å². The summed E-state index contributed by atoms with van der Waals surface area (Å²) in [6.45, 7) is 4.91. The Bertz CT molecular complexity index is 337. The maximum atomic E-state index is 11.4. The molecule has 1 aliphatic heterocycles. The molecule has 3 amide bonds. The first-order valence-corrected chi connectivity index (χ1v) is 5.91. The van der Waals surface area contributed by atoms with E-state index >= 15 is 0 Å². The van der Waals surface area contributed by atoms with Crippen molar-refractivity contribution in [1.82, 2.24) is 15.5 Å². The van der Waals surface area contributed by atoms with Gasteiger partial charge in [-0.25, -0.2) is 4.79 Å². The highest BCUT2D eigenvalue weighted by Gasteiger charge is 2.29. The molecule has 1 saturated heterocycles. The smallest absolute Gasteiger partial charge is 0.321 e. The summed E-state index contributed by atoms with van der Waals surface area (Å²) < 4.78 is 0. The third-order valence-corrected chi connectivity index (χ3v) is 2.54. The monoisotopic (exact) mass is 257 g/mol. The average Bonchev–Trinajstić information content (AvgIpc) is 2.11. The predicted molar refractivity (Wildman–Crippen MR) is 64.0 cm³/mol. The summed E-state index contributed by atoms with van der Waals surface area (Å²) in [4.78, 5) is 34.9.